The summed E-state index contributed by atoms with van der Waals surface area (Å²) in [5.41, 5.74) is -0.600. The van der Waals surface area contributed by atoms with E-state index in [0.29, 0.717) is 0 Å². The third kappa shape index (κ3) is 2.55. The Balaban J connectivity index is 2.60. The number of alkyl halides is 3. The lowest BCUT2D eigenvalue weighted by molar-refractivity contribution is -0.137. The molecule has 0 fully saturated rings. The van der Waals surface area contributed by atoms with Gasteiger partial charge in [-0.25, -0.2) is 9.97 Å². The molecule has 0 aliphatic rings. The smallest absolute Gasteiger partial charge is 0.226 e. The Hall–Kier alpha value is -1.62. The van der Waals surface area contributed by atoms with Crippen molar-refractivity contribution in [2.45, 2.75) is 6.18 Å². The maximum atomic E-state index is 12.8. The standard InChI is InChI=1S/C11H6ClF3N2/c12-10-16-6-5-9(17-10)7-3-1-2-4-8(7)11(13,14)15/h1-6H. The van der Waals surface area contributed by atoms with Gasteiger partial charge in [0.2, 0.25) is 5.28 Å². The minimum Gasteiger partial charge on any atom is -0.226 e. The summed E-state index contributed by atoms with van der Waals surface area (Å²) in [6.07, 6.45) is -3.11. The van der Waals surface area contributed by atoms with Crippen molar-refractivity contribution in [2.75, 3.05) is 0 Å². The second-order valence-corrected chi connectivity index (χ2v) is 3.59. The molecule has 0 unspecified atom stereocenters. The van der Waals surface area contributed by atoms with E-state index < -0.39 is 11.7 Å². The number of rotatable bonds is 1. The van der Waals surface area contributed by atoms with E-state index in [4.69, 9.17) is 11.6 Å². The van der Waals surface area contributed by atoms with Gasteiger partial charge in [0.25, 0.3) is 0 Å². The first-order chi connectivity index (χ1) is 7.98. The van der Waals surface area contributed by atoms with Gasteiger partial charge in [-0.2, -0.15) is 13.2 Å². The summed E-state index contributed by atoms with van der Waals surface area (Å²) in [4.78, 5) is 7.40. The summed E-state index contributed by atoms with van der Waals surface area (Å²) in [5, 5.41) is -0.0838. The van der Waals surface area contributed by atoms with Gasteiger partial charge in [-0.05, 0) is 23.7 Å². The molecule has 1 aromatic carbocycles. The Labute approximate surface area is 100 Å². The van der Waals surface area contributed by atoms with Crippen molar-refractivity contribution in [3.63, 3.8) is 0 Å². The third-order valence-corrected chi connectivity index (χ3v) is 2.32. The molecule has 17 heavy (non-hydrogen) atoms. The second-order valence-electron chi connectivity index (χ2n) is 3.25. The predicted octanol–water partition coefficient (Wildman–Crippen LogP) is 3.82. The molecule has 2 rings (SSSR count). The van der Waals surface area contributed by atoms with E-state index in [1.807, 2.05) is 0 Å². The molecule has 0 saturated heterocycles. The fraction of sp³-hybridized carbons (Fsp3) is 0.0909. The molecule has 1 heterocycles. The molecule has 0 amide bonds. The van der Waals surface area contributed by atoms with Gasteiger partial charge in [0.15, 0.2) is 0 Å². The highest BCUT2D eigenvalue weighted by Crippen LogP contribution is 2.36. The van der Waals surface area contributed by atoms with E-state index in [1.54, 1.807) is 0 Å². The van der Waals surface area contributed by atoms with E-state index in [2.05, 4.69) is 9.97 Å². The van der Waals surface area contributed by atoms with E-state index in [-0.39, 0.29) is 16.5 Å². The number of nitrogens with zero attached hydrogens (tertiary/aromatic N) is 2. The third-order valence-electron chi connectivity index (χ3n) is 2.13. The zero-order valence-electron chi connectivity index (χ0n) is 8.37. The molecule has 2 nitrogen and oxygen atoms in total. The topological polar surface area (TPSA) is 25.8 Å². The molecule has 0 spiro atoms. The fourth-order valence-corrected chi connectivity index (χ4v) is 1.59. The Morgan fingerprint density at radius 3 is 2.41 bits per heavy atom. The lowest BCUT2D eigenvalue weighted by Crippen LogP contribution is -2.07. The van der Waals surface area contributed by atoms with Crippen LogP contribution in [0.25, 0.3) is 11.3 Å². The number of aromatic nitrogens is 2. The highest BCUT2D eigenvalue weighted by atomic mass is 35.5. The summed E-state index contributed by atoms with van der Waals surface area (Å²) in [6, 6.07) is 6.58. The van der Waals surface area contributed by atoms with Gasteiger partial charge >= 0.3 is 6.18 Å². The quantitative estimate of drug-likeness (QED) is 0.727. The molecule has 88 valence electrons. The second kappa shape index (κ2) is 4.33. The van der Waals surface area contributed by atoms with Crippen molar-refractivity contribution < 1.29 is 13.2 Å². The van der Waals surface area contributed by atoms with Crippen LogP contribution in [-0.2, 0) is 6.18 Å². The van der Waals surface area contributed by atoms with Gasteiger partial charge in [-0.15, -0.1) is 0 Å². The predicted molar refractivity (Wildman–Crippen MR) is 57.5 cm³/mol. The van der Waals surface area contributed by atoms with Crippen molar-refractivity contribution in [1.82, 2.24) is 9.97 Å². The van der Waals surface area contributed by atoms with Gasteiger partial charge in [0.1, 0.15) is 0 Å². The van der Waals surface area contributed by atoms with Crippen LogP contribution in [0.3, 0.4) is 0 Å². The molecule has 6 heteroatoms. The van der Waals surface area contributed by atoms with Gasteiger partial charge in [-0.3, -0.25) is 0 Å². The molecule has 0 N–H and O–H groups in total. The number of hydrogen-bond donors (Lipinski definition) is 0. The minimum absolute atomic E-state index is 0.00991. The van der Waals surface area contributed by atoms with Crippen LogP contribution in [0.4, 0.5) is 13.2 Å². The lowest BCUT2D eigenvalue weighted by atomic mass is 10.0. The van der Waals surface area contributed by atoms with E-state index in [1.165, 1.54) is 30.5 Å². The number of hydrogen-bond acceptors (Lipinski definition) is 2. The van der Waals surface area contributed by atoms with Crippen molar-refractivity contribution in [3.8, 4) is 11.3 Å². The van der Waals surface area contributed by atoms with Crippen LogP contribution >= 0.6 is 11.6 Å². The van der Waals surface area contributed by atoms with Crippen LogP contribution in [-0.4, -0.2) is 9.97 Å². The van der Waals surface area contributed by atoms with Crippen LogP contribution in [0.5, 0.6) is 0 Å². The molecule has 0 atom stereocenters. The molecular weight excluding hydrogens is 253 g/mol. The SMILES string of the molecule is FC(F)(F)c1ccccc1-c1ccnc(Cl)n1. The van der Waals surface area contributed by atoms with E-state index in [0.717, 1.165) is 6.07 Å². The molecule has 0 saturated carbocycles. The maximum absolute atomic E-state index is 12.8. The zero-order valence-corrected chi connectivity index (χ0v) is 9.13. The normalized spacial score (nSPS) is 11.5. The molecule has 0 aliphatic carbocycles. The van der Waals surface area contributed by atoms with E-state index in [9.17, 15) is 13.2 Å². The molecule has 1 aromatic heterocycles. The largest absolute Gasteiger partial charge is 0.417 e. The maximum Gasteiger partial charge on any atom is 0.417 e. The lowest BCUT2D eigenvalue weighted by Gasteiger charge is -2.11. The van der Waals surface area contributed by atoms with Crippen molar-refractivity contribution in [1.29, 1.82) is 0 Å². The highest BCUT2D eigenvalue weighted by Gasteiger charge is 2.33. The van der Waals surface area contributed by atoms with Gasteiger partial charge < -0.3 is 0 Å². The van der Waals surface area contributed by atoms with Crippen molar-refractivity contribution in [2.24, 2.45) is 0 Å². The number of halogens is 4. The van der Waals surface area contributed by atoms with E-state index >= 15 is 0 Å². The summed E-state index contributed by atoms with van der Waals surface area (Å²) in [5.74, 6) is 0. The minimum atomic E-state index is -4.42. The Morgan fingerprint density at radius 2 is 1.76 bits per heavy atom. The molecule has 0 radical (unpaired) electrons. The first kappa shape index (κ1) is 11.9. The summed E-state index contributed by atoms with van der Waals surface area (Å²) >= 11 is 5.56. The van der Waals surface area contributed by atoms with Gasteiger partial charge in [0.05, 0.1) is 11.3 Å². The molecule has 0 aliphatic heterocycles. The molecule has 0 bridgehead atoms. The summed E-state index contributed by atoms with van der Waals surface area (Å²) < 4.78 is 38.3. The Morgan fingerprint density at radius 1 is 1.06 bits per heavy atom. The highest BCUT2D eigenvalue weighted by molar-refractivity contribution is 6.28. The molecular formula is C11H6ClF3N2. The van der Waals surface area contributed by atoms with Gasteiger partial charge in [-0.1, -0.05) is 18.2 Å². The Kier molecular flexibility index (Phi) is 3.02. The van der Waals surface area contributed by atoms with Crippen LogP contribution in [0.1, 0.15) is 5.56 Å². The van der Waals surface area contributed by atoms with Crippen LogP contribution < -0.4 is 0 Å². The van der Waals surface area contributed by atoms with Crippen molar-refractivity contribution >= 4 is 11.6 Å². The first-order valence-electron chi connectivity index (χ1n) is 4.63. The fourth-order valence-electron chi connectivity index (χ4n) is 1.44. The summed E-state index contributed by atoms with van der Waals surface area (Å²) in [7, 11) is 0. The van der Waals surface area contributed by atoms with Gasteiger partial charge in [0, 0.05) is 11.8 Å². The van der Waals surface area contributed by atoms with Crippen LogP contribution in [0, 0.1) is 0 Å². The molecule has 2 aromatic rings. The Bertz CT molecular complexity index is 540. The van der Waals surface area contributed by atoms with Crippen LogP contribution in [0.15, 0.2) is 36.5 Å². The monoisotopic (exact) mass is 258 g/mol. The zero-order chi connectivity index (χ0) is 12.5. The average Bonchev–Trinajstić information content (AvgIpc) is 2.28. The van der Waals surface area contributed by atoms with Crippen LogP contribution in [0.2, 0.25) is 5.28 Å². The number of benzene rings is 1. The summed E-state index contributed by atoms with van der Waals surface area (Å²) in [6.45, 7) is 0. The van der Waals surface area contributed by atoms with Crippen molar-refractivity contribution in [3.05, 3.63) is 47.4 Å². The first-order valence-corrected chi connectivity index (χ1v) is 5.01. The average molecular weight is 259 g/mol.